The van der Waals surface area contributed by atoms with Crippen molar-refractivity contribution in [3.63, 3.8) is 0 Å². The van der Waals surface area contributed by atoms with E-state index in [2.05, 4.69) is 26.9 Å². The van der Waals surface area contributed by atoms with Crippen LogP contribution in [0.4, 0.5) is 0 Å². The predicted molar refractivity (Wildman–Crippen MR) is 118 cm³/mol. The summed E-state index contributed by atoms with van der Waals surface area (Å²) in [7, 11) is 0. The number of imidazole rings is 1. The molecule has 8 heteroatoms. The van der Waals surface area contributed by atoms with Crippen molar-refractivity contribution in [1.82, 2.24) is 19.6 Å². The first-order valence-electron chi connectivity index (χ1n) is 10.8. The van der Waals surface area contributed by atoms with Crippen molar-refractivity contribution in [2.75, 3.05) is 26.2 Å². The van der Waals surface area contributed by atoms with Gasteiger partial charge in [0.2, 0.25) is 5.76 Å². The Morgan fingerprint density at radius 2 is 2.00 bits per heavy atom. The minimum absolute atomic E-state index is 0.190. The second-order valence-electron chi connectivity index (χ2n) is 8.29. The molecular formula is C24H28N4O4. The van der Waals surface area contributed by atoms with Gasteiger partial charge in [-0.2, -0.15) is 0 Å². The second kappa shape index (κ2) is 10.0. The Balaban J connectivity index is 1.29. The molecule has 8 nitrogen and oxygen atoms in total. The van der Waals surface area contributed by atoms with Crippen molar-refractivity contribution in [2.24, 2.45) is 5.92 Å². The molecule has 0 unspecified atom stereocenters. The highest BCUT2D eigenvalue weighted by molar-refractivity contribution is 5.42. The third-order valence-corrected chi connectivity index (χ3v) is 5.30. The summed E-state index contributed by atoms with van der Waals surface area (Å²) in [6.07, 6.45) is 2.98. The number of rotatable bonds is 8. The Bertz CT molecular complexity index is 1070. The van der Waals surface area contributed by atoms with Crippen LogP contribution in [0.5, 0.6) is 5.75 Å². The van der Waals surface area contributed by atoms with Crippen molar-refractivity contribution >= 4 is 0 Å². The molecule has 2 aromatic heterocycles. The number of aliphatic hydroxyl groups excluding tert-OH is 2. The summed E-state index contributed by atoms with van der Waals surface area (Å²) in [5.74, 6) is 8.24. The smallest absolute Gasteiger partial charge is 0.210 e. The molecule has 3 heterocycles. The van der Waals surface area contributed by atoms with Crippen molar-refractivity contribution < 1.29 is 19.5 Å². The molecule has 4 rings (SSSR count). The molecule has 1 aliphatic rings. The first-order valence-corrected chi connectivity index (χ1v) is 10.8. The van der Waals surface area contributed by atoms with Gasteiger partial charge in [0.15, 0.2) is 0 Å². The van der Waals surface area contributed by atoms with Crippen molar-refractivity contribution in [3.05, 3.63) is 65.6 Å². The monoisotopic (exact) mass is 436 g/mol. The highest BCUT2D eigenvalue weighted by Gasteiger charge is 2.29. The highest BCUT2D eigenvalue weighted by atomic mass is 16.5. The van der Waals surface area contributed by atoms with Gasteiger partial charge >= 0.3 is 0 Å². The highest BCUT2D eigenvalue weighted by Crippen LogP contribution is 2.19. The lowest BCUT2D eigenvalue weighted by Crippen LogP contribution is -2.55. The van der Waals surface area contributed by atoms with Gasteiger partial charge in [0, 0.05) is 50.3 Å². The van der Waals surface area contributed by atoms with Crippen LogP contribution in [0.3, 0.4) is 0 Å². The fraction of sp³-hybridized carbons (Fsp3) is 0.417. The maximum Gasteiger partial charge on any atom is 0.210 e. The van der Waals surface area contributed by atoms with Crippen molar-refractivity contribution in [2.45, 2.75) is 32.6 Å². The minimum atomic E-state index is -0.652. The molecule has 3 aromatic rings. The third-order valence-electron chi connectivity index (χ3n) is 5.30. The number of nitrogens with zero attached hydrogens (tertiary/aromatic N) is 4. The van der Waals surface area contributed by atoms with E-state index in [0.717, 1.165) is 30.9 Å². The van der Waals surface area contributed by atoms with Gasteiger partial charge in [0.05, 0.1) is 6.54 Å². The van der Waals surface area contributed by atoms with Crippen LogP contribution in [0, 0.1) is 17.8 Å². The molecule has 1 saturated heterocycles. The zero-order valence-electron chi connectivity index (χ0n) is 18.3. The number of hydrogen-bond donors (Lipinski definition) is 2. The minimum Gasteiger partial charge on any atom is -0.488 e. The van der Waals surface area contributed by atoms with Gasteiger partial charge in [0.25, 0.3) is 0 Å². The summed E-state index contributed by atoms with van der Waals surface area (Å²) in [6.45, 7) is 7.06. The van der Waals surface area contributed by atoms with E-state index in [0.29, 0.717) is 29.7 Å². The molecular weight excluding hydrogens is 408 g/mol. The number of likely N-dealkylation sites (tertiary alicyclic amines) is 1. The Kier molecular flexibility index (Phi) is 6.90. The van der Waals surface area contributed by atoms with Gasteiger partial charge in [-0.05, 0) is 43.0 Å². The largest absolute Gasteiger partial charge is 0.488 e. The maximum atomic E-state index is 9.76. The lowest BCUT2D eigenvalue weighted by atomic mass is 10.1. The zero-order valence-corrected chi connectivity index (χ0v) is 18.3. The van der Waals surface area contributed by atoms with Crippen molar-refractivity contribution in [3.8, 4) is 17.6 Å². The van der Waals surface area contributed by atoms with Crippen LogP contribution in [0.2, 0.25) is 0 Å². The average molecular weight is 437 g/mol. The Morgan fingerprint density at radius 3 is 2.72 bits per heavy atom. The van der Waals surface area contributed by atoms with E-state index in [4.69, 9.17) is 14.4 Å². The SMILES string of the molecule is C[C@H](CO)CN1CC(Oc2ccc(C#Cc3cc(Cn4ccnc4[C@H](C)O)no3)cc2)C1. The molecule has 168 valence electrons. The fourth-order valence-corrected chi connectivity index (χ4v) is 3.63. The molecule has 0 bridgehead atoms. The van der Waals surface area contributed by atoms with Crippen molar-refractivity contribution in [1.29, 1.82) is 0 Å². The summed E-state index contributed by atoms with van der Waals surface area (Å²) in [6, 6.07) is 9.47. The molecule has 1 fully saturated rings. The molecule has 2 N–H and O–H groups in total. The molecule has 0 saturated carbocycles. The lowest BCUT2D eigenvalue weighted by Gasteiger charge is -2.40. The number of hydrogen-bond acceptors (Lipinski definition) is 7. The summed E-state index contributed by atoms with van der Waals surface area (Å²) in [5.41, 5.74) is 1.56. The normalized spacial score (nSPS) is 16.1. The number of benzene rings is 1. The maximum absolute atomic E-state index is 9.76. The molecule has 0 aliphatic carbocycles. The van der Waals surface area contributed by atoms with Crippen LogP contribution in [0.1, 0.15) is 42.8 Å². The first kappa shape index (κ1) is 22.1. The van der Waals surface area contributed by atoms with E-state index in [1.807, 2.05) is 35.8 Å². The number of aliphatic hydroxyl groups is 2. The van der Waals surface area contributed by atoms with Crippen LogP contribution in [0.15, 0.2) is 47.2 Å². The summed E-state index contributed by atoms with van der Waals surface area (Å²) in [4.78, 5) is 6.44. The topological polar surface area (TPSA) is 96.8 Å². The van der Waals surface area contributed by atoms with Crippen LogP contribution in [-0.2, 0) is 6.54 Å². The van der Waals surface area contributed by atoms with Gasteiger partial charge < -0.3 is 24.0 Å². The lowest BCUT2D eigenvalue weighted by molar-refractivity contribution is 0.00637. The molecule has 32 heavy (non-hydrogen) atoms. The van der Waals surface area contributed by atoms with E-state index in [1.165, 1.54) is 0 Å². The van der Waals surface area contributed by atoms with Gasteiger partial charge in [-0.3, -0.25) is 4.90 Å². The summed E-state index contributed by atoms with van der Waals surface area (Å²) >= 11 is 0. The van der Waals surface area contributed by atoms with Gasteiger partial charge in [-0.1, -0.05) is 18.0 Å². The van der Waals surface area contributed by atoms with E-state index in [-0.39, 0.29) is 12.7 Å². The molecule has 0 amide bonds. The van der Waals surface area contributed by atoms with Crippen LogP contribution >= 0.6 is 0 Å². The molecule has 2 atom stereocenters. The molecule has 1 aliphatic heterocycles. The Morgan fingerprint density at radius 1 is 1.22 bits per heavy atom. The van der Waals surface area contributed by atoms with E-state index >= 15 is 0 Å². The summed E-state index contributed by atoms with van der Waals surface area (Å²) < 4.78 is 13.1. The van der Waals surface area contributed by atoms with Crippen LogP contribution in [-0.4, -0.2) is 62.2 Å². The standard InChI is InChI=1S/C24H28N4O4/c1-17(16-29)12-27-14-23(15-27)31-21-6-3-19(4-7-21)5-8-22-11-20(26-32-22)13-28-10-9-25-24(28)18(2)30/h3-4,6-7,9-11,17-18,23,29-30H,12-16H2,1-2H3/t17-,18-/m0/s1. The quantitative estimate of drug-likeness (QED) is 0.522. The second-order valence-corrected chi connectivity index (χ2v) is 8.29. The molecule has 0 radical (unpaired) electrons. The van der Waals surface area contributed by atoms with E-state index < -0.39 is 6.10 Å². The fourth-order valence-electron chi connectivity index (χ4n) is 3.63. The van der Waals surface area contributed by atoms with Crippen LogP contribution < -0.4 is 4.74 Å². The predicted octanol–water partition coefficient (Wildman–Crippen LogP) is 2.06. The Labute approximate surface area is 187 Å². The van der Waals surface area contributed by atoms with Gasteiger partial charge in [-0.25, -0.2) is 4.98 Å². The van der Waals surface area contributed by atoms with E-state index in [9.17, 15) is 5.11 Å². The molecule has 0 spiro atoms. The number of aromatic nitrogens is 3. The Hall–Kier alpha value is -3.12. The average Bonchev–Trinajstić information content (AvgIpc) is 3.41. The zero-order chi connectivity index (χ0) is 22.5. The summed E-state index contributed by atoms with van der Waals surface area (Å²) in [5, 5.41) is 22.9. The van der Waals surface area contributed by atoms with E-state index in [1.54, 1.807) is 25.4 Å². The molecule has 1 aromatic carbocycles. The van der Waals surface area contributed by atoms with Crippen LogP contribution in [0.25, 0.3) is 0 Å². The number of ether oxygens (including phenoxy) is 1. The first-order chi connectivity index (χ1) is 15.5. The third kappa shape index (κ3) is 5.56. The van der Waals surface area contributed by atoms with Gasteiger partial charge in [-0.15, -0.1) is 0 Å². The van der Waals surface area contributed by atoms with Gasteiger partial charge in [0.1, 0.15) is 29.5 Å².